The maximum atomic E-state index is 11.8. The third-order valence-corrected chi connectivity index (χ3v) is 4.00. The van der Waals surface area contributed by atoms with E-state index in [9.17, 15) is 4.79 Å². The minimum absolute atomic E-state index is 0.0470. The van der Waals surface area contributed by atoms with Crippen molar-refractivity contribution in [3.63, 3.8) is 0 Å². The Balaban J connectivity index is 1.65. The average Bonchev–Trinajstić information content (AvgIpc) is 2.47. The van der Waals surface area contributed by atoms with Crippen LogP contribution in [-0.4, -0.2) is 32.1 Å². The molecule has 1 unspecified atom stereocenters. The molecule has 5 heteroatoms. The number of hydrogen-bond acceptors (Lipinski definition) is 3. The van der Waals surface area contributed by atoms with Gasteiger partial charge in [-0.15, -0.1) is 0 Å². The van der Waals surface area contributed by atoms with Crippen LogP contribution in [0.25, 0.3) is 0 Å². The Morgan fingerprint density at radius 1 is 1.52 bits per heavy atom. The van der Waals surface area contributed by atoms with E-state index in [4.69, 9.17) is 16.3 Å². The summed E-state index contributed by atoms with van der Waals surface area (Å²) in [6, 6.07) is 5.38. The summed E-state index contributed by atoms with van der Waals surface area (Å²) in [5, 5.41) is 6.97. The molecule has 21 heavy (non-hydrogen) atoms. The molecule has 1 saturated heterocycles. The number of halogens is 1. The highest BCUT2D eigenvalue weighted by Gasteiger charge is 2.13. The molecule has 1 aromatic rings. The lowest BCUT2D eigenvalue weighted by Gasteiger charge is -2.22. The lowest BCUT2D eigenvalue weighted by molar-refractivity contribution is -0.123. The Morgan fingerprint density at radius 2 is 2.38 bits per heavy atom. The molecular weight excluding hydrogens is 288 g/mol. The molecule has 116 valence electrons. The molecule has 1 heterocycles. The largest absolute Gasteiger partial charge is 0.484 e. The van der Waals surface area contributed by atoms with Gasteiger partial charge in [-0.05, 0) is 69.0 Å². The lowest BCUT2D eigenvalue weighted by atomic mass is 9.96. The number of amides is 1. The lowest BCUT2D eigenvalue weighted by Crippen LogP contribution is -2.34. The summed E-state index contributed by atoms with van der Waals surface area (Å²) in [6.45, 7) is 4.86. The molecular formula is C16H23ClN2O2. The van der Waals surface area contributed by atoms with Crippen LogP contribution in [0.3, 0.4) is 0 Å². The fourth-order valence-electron chi connectivity index (χ4n) is 2.56. The summed E-state index contributed by atoms with van der Waals surface area (Å²) in [5.41, 5.74) is 0.934. The Kier molecular flexibility index (Phi) is 6.33. The summed E-state index contributed by atoms with van der Waals surface area (Å²) in [7, 11) is 0. The molecule has 2 N–H and O–H groups in total. The van der Waals surface area contributed by atoms with Crippen LogP contribution in [0.1, 0.15) is 24.8 Å². The third-order valence-electron chi connectivity index (χ3n) is 3.77. The fourth-order valence-corrected chi connectivity index (χ4v) is 2.78. The van der Waals surface area contributed by atoms with E-state index >= 15 is 0 Å². The van der Waals surface area contributed by atoms with Crippen LogP contribution in [0.4, 0.5) is 0 Å². The summed E-state index contributed by atoms with van der Waals surface area (Å²) in [6.07, 6.45) is 3.51. The molecule has 2 rings (SSSR count). The van der Waals surface area contributed by atoms with Crippen molar-refractivity contribution in [3.8, 4) is 5.75 Å². The molecule has 1 amide bonds. The van der Waals surface area contributed by atoms with Gasteiger partial charge in [0.05, 0.1) is 0 Å². The van der Waals surface area contributed by atoms with Crippen molar-refractivity contribution in [1.29, 1.82) is 0 Å². The predicted octanol–water partition coefficient (Wildman–Crippen LogP) is 2.53. The number of nitrogens with one attached hydrogen (secondary N) is 2. The van der Waals surface area contributed by atoms with Crippen molar-refractivity contribution in [2.24, 2.45) is 5.92 Å². The van der Waals surface area contributed by atoms with Gasteiger partial charge in [0.1, 0.15) is 5.75 Å². The normalized spacial score (nSPS) is 18.3. The summed E-state index contributed by atoms with van der Waals surface area (Å²) < 4.78 is 5.51. The first-order chi connectivity index (χ1) is 10.1. The minimum Gasteiger partial charge on any atom is -0.484 e. The van der Waals surface area contributed by atoms with Gasteiger partial charge in [0, 0.05) is 11.6 Å². The van der Waals surface area contributed by atoms with E-state index in [1.54, 1.807) is 12.1 Å². The fraction of sp³-hybridized carbons (Fsp3) is 0.562. The zero-order valence-corrected chi connectivity index (χ0v) is 13.2. The number of aryl methyl sites for hydroxylation is 1. The molecule has 1 atom stereocenters. The van der Waals surface area contributed by atoms with Gasteiger partial charge in [0.2, 0.25) is 0 Å². The monoisotopic (exact) mass is 310 g/mol. The standard InChI is InChI=1S/C16H23ClN2O2/c1-12-9-14(17)4-5-15(12)21-11-16(20)19-8-6-13-3-2-7-18-10-13/h4-5,9,13,18H,2-3,6-8,10-11H2,1H3,(H,19,20). The molecule has 0 radical (unpaired) electrons. The van der Waals surface area contributed by atoms with Crippen molar-refractivity contribution < 1.29 is 9.53 Å². The first-order valence-corrected chi connectivity index (χ1v) is 7.89. The average molecular weight is 311 g/mol. The zero-order chi connectivity index (χ0) is 15.1. The van der Waals surface area contributed by atoms with E-state index in [-0.39, 0.29) is 12.5 Å². The maximum Gasteiger partial charge on any atom is 0.257 e. The molecule has 1 aliphatic heterocycles. The van der Waals surface area contributed by atoms with Gasteiger partial charge in [-0.25, -0.2) is 0 Å². The molecule has 1 aromatic carbocycles. The predicted molar refractivity (Wildman–Crippen MR) is 84.9 cm³/mol. The highest BCUT2D eigenvalue weighted by Crippen LogP contribution is 2.21. The number of hydrogen-bond donors (Lipinski definition) is 2. The molecule has 0 aliphatic carbocycles. The van der Waals surface area contributed by atoms with Crippen molar-refractivity contribution in [2.45, 2.75) is 26.2 Å². The molecule has 0 aromatic heterocycles. The SMILES string of the molecule is Cc1cc(Cl)ccc1OCC(=O)NCCC1CCCNC1. The molecule has 4 nitrogen and oxygen atoms in total. The van der Waals surface area contributed by atoms with Crippen LogP contribution >= 0.6 is 11.6 Å². The third kappa shape index (κ3) is 5.56. The second kappa shape index (κ2) is 8.25. The number of rotatable bonds is 6. The van der Waals surface area contributed by atoms with Crippen molar-refractivity contribution in [3.05, 3.63) is 28.8 Å². The number of ether oxygens (including phenoxy) is 1. The van der Waals surface area contributed by atoms with Crippen LogP contribution in [-0.2, 0) is 4.79 Å². The first kappa shape index (κ1) is 16.1. The van der Waals surface area contributed by atoms with Crippen LogP contribution in [0.2, 0.25) is 5.02 Å². The summed E-state index contributed by atoms with van der Waals surface area (Å²) in [5.74, 6) is 1.30. The number of carbonyl (C=O) groups excluding carboxylic acids is 1. The van der Waals surface area contributed by atoms with E-state index in [0.717, 1.165) is 25.1 Å². The zero-order valence-electron chi connectivity index (χ0n) is 12.5. The molecule has 0 bridgehead atoms. The highest BCUT2D eigenvalue weighted by molar-refractivity contribution is 6.30. The van der Waals surface area contributed by atoms with E-state index in [1.807, 2.05) is 13.0 Å². The molecule has 1 fully saturated rings. The maximum absolute atomic E-state index is 11.8. The van der Waals surface area contributed by atoms with E-state index < -0.39 is 0 Å². The second-order valence-corrected chi connectivity index (χ2v) is 5.99. The van der Waals surface area contributed by atoms with Crippen LogP contribution in [0, 0.1) is 12.8 Å². The Hall–Kier alpha value is -1.26. The Labute approximate surface area is 131 Å². The van der Waals surface area contributed by atoms with Gasteiger partial charge in [-0.1, -0.05) is 11.6 Å². The van der Waals surface area contributed by atoms with Gasteiger partial charge < -0.3 is 15.4 Å². The van der Waals surface area contributed by atoms with Crippen molar-refractivity contribution >= 4 is 17.5 Å². The van der Waals surface area contributed by atoms with E-state index in [2.05, 4.69) is 10.6 Å². The van der Waals surface area contributed by atoms with Gasteiger partial charge in [0.15, 0.2) is 6.61 Å². The minimum atomic E-state index is -0.0758. The van der Waals surface area contributed by atoms with E-state index in [0.29, 0.717) is 23.2 Å². The van der Waals surface area contributed by atoms with Crippen LogP contribution in [0.15, 0.2) is 18.2 Å². The summed E-state index contributed by atoms with van der Waals surface area (Å²) >= 11 is 5.88. The number of carbonyl (C=O) groups is 1. The van der Waals surface area contributed by atoms with Gasteiger partial charge in [-0.2, -0.15) is 0 Å². The molecule has 0 spiro atoms. The number of benzene rings is 1. The van der Waals surface area contributed by atoms with E-state index in [1.165, 1.54) is 12.8 Å². The molecule has 1 aliphatic rings. The van der Waals surface area contributed by atoms with Crippen LogP contribution < -0.4 is 15.4 Å². The second-order valence-electron chi connectivity index (χ2n) is 5.55. The topological polar surface area (TPSA) is 50.4 Å². The quantitative estimate of drug-likeness (QED) is 0.849. The Bertz CT molecular complexity index is 473. The van der Waals surface area contributed by atoms with Gasteiger partial charge in [0.25, 0.3) is 5.91 Å². The first-order valence-electron chi connectivity index (χ1n) is 7.51. The highest BCUT2D eigenvalue weighted by atomic mass is 35.5. The van der Waals surface area contributed by atoms with Gasteiger partial charge in [-0.3, -0.25) is 4.79 Å². The number of piperidine rings is 1. The van der Waals surface area contributed by atoms with Gasteiger partial charge >= 0.3 is 0 Å². The van der Waals surface area contributed by atoms with Crippen molar-refractivity contribution in [1.82, 2.24) is 10.6 Å². The molecule has 0 saturated carbocycles. The van der Waals surface area contributed by atoms with Crippen molar-refractivity contribution in [2.75, 3.05) is 26.2 Å². The van der Waals surface area contributed by atoms with Crippen LogP contribution in [0.5, 0.6) is 5.75 Å². The Morgan fingerprint density at radius 3 is 3.10 bits per heavy atom. The smallest absolute Gasteiger partial charge is 0.257 e. The summed E-state index contributed by atoms with van der Waals surface area (Å²) in [4.78, 5) is 11.8.